The number of rotatable bonds is 3. The largest absolute Gasteiger partial charge is 0.496 e. The molecule has 0 aliphatic rings. The van der Waals surface area contributed by atoms with Gasteiger partial charge in [-0.1, -0.05) is 33.6 Å². The molecule has 0 fully saturated rings. The number of aryl methyl sites for hydroxylation is 1. The highest BCUT2D eigenvalue weighted by atomic mass is 79.9. The highest BCUT2D eigenvalue weighted by molar-refractivity contribution is 9.10. The van der Waals surface area contributed by atoms with Crippen LogP contribution in [-0.4, -0.2) is 12.2 Å². The summed E-state index contributed by atoms with van der Waals surface area (Å²) in [5.74, 6) is 0.802. The van der Waals surface area contributed by atoms with Crippen molar-refractivity contribution in [2.24, 2.45) is 0 Å². The Bertz CT molecular complexity index is 599. The van der Waals surface area contributed by atoms with Crippen molar-refractivity contribution in [3.8, 4) is 5.75 Å². The van der Waals surface area contributed by atoms with E-state index in [1.807, 2.05) is 37.3 Å². The minimum absolute atomic E-state index is 0.546. The molecule has 1 unspecified atom stereocenters. The van der Waals surface area contributed by atoms with Gasteiger partial charge in [-0.25, -0.2) is 0 Å². The third-order valence-electron chi connectivity index (χ3n) is 2.99. The van der Waals surface area contributed by atoms with Gasteiger partial charge in [0.25, 0.3) is 0 Å². The van der Waals surface area contributed by atoms with Crippen LogP contribution in [0.25, 0.3) is 0 Å². The Morgan fingerprint density at radius 2 is 1.95 bits per heavy atom. The van der Waals surface area contributed by atoms with Crippen LogP contribution in [0.4, 0.5) is 0 Å². The topological polar surface area (TPSA) is 29.5 Å². The lowest BCUT2D eigenvalue weighted by Crippen LogP contribution is -2.01. The Morgan fingerprint density at radius 1 is 1.21 bits per heavy atom. The number of methoxy groups -OCH3 is 1. The summed E-state index contributed by atoms with van der Waals surface area (Å²) in [5, 5.41) is 11.0. The van der Waals surface area contributed by atoms with Crippen LogP contribution in [0.15, 0.2) is 40.9 Å². The molecule has 0 aliphatic heterocycles. The molecule has 0 spiro atoms. The first-order valence-electron chi connectivity index (χ1n) is 5.80. The van der Waals surface area contributed by atoms with Gasteiger partial charge in [-0.3, -0.25) is 0 Å². The van der Waals surface area contributed by atoms with Crippen molar-refractivity contribution in [1.82, 2.24) is 0 Å². The van der Waals surface area contributed by atoms with Gasteiger partial charge in [0.05, 0.1) is 7.11 Å². The first-order chi connectivity index (χ1) is 9.02. The third-order valence-corrected chi connectivity index (χ3v) is 3.82. The molecule has 0 amide bonds. The van der Waals surface area contributed by atoms with Gasteiger partial charge in [0.1, 0.15) is 11.9 Å². The van der Waals surface area contributed by atoms with Crippen molar-refractivity contribution >= 4 is 27.5 Å². The summed E-state index contributed by atoms with van der Waals surface area (Å²) in [6, 6.07) is 11.0. The van der Waals surface area contributed by atoms with Crippen molar-refractivity contribution in [3.05, 3.63) is 62.6 Å². The number of hydrogen-bond donors (Lipinski definition) is 1. The molecule has 1 atom stereocenters. The molecule has 0 saturated heterocycles. The Balaban J connectivity index is 2.41. The maximum atomic E-state index is 10.4. The van der Waals surface area contributed by atoms with Crippen molar-refractivity contribution in [1.29, 1.82) is 0 Å². The fourth-order valence-electron chi connectivity index (χ4n) is 1.98. The molecule has 0 aromatic heterocycles. The fourth-order valence-corrected chi connectivity index (χ4v) is 2.58. The number of benzene rings is 2. The number of aliphatic hydroxyl groups is 1. The van der Waals surface area contributed by atoms with Crippen molar-refractivity contribution in [2.75, 3.05) is 7.11 Å². The molecule has 2 nitrogen and oxygen atoms in total. The normalized spacial score (nSPS) is 12.3. The molecule has 0 bridgehead atoms. The zero-order valence-electron chi connectivity index (χ0n) is 10.7. The molecule has 0 radical (unpaired) electrons. The summed E-state index contributed by atoms with van der Waals surface area (Å²) in [6.07, 6.45) is -0.755. The van der Waals surface area contributed by atoms with Crippen LogP contribution in [0, 0.1) is 6.92 Å². The Kier molecular flexibility index (Phi) is 4.50. The lowest BCUT2D eigenvalue weighted by molar-refractivity contribution is 0.220. The van der Waals surface area contributed by atoms with E-state index in [2.05, 4.69) is 15.9 Å². The standard InChI is InChI=1S/C15H14BrClO2/c1-9-7-10(3-6-14(9)19-2)15(18)12-8-11(16)4-5-13(12)17/h3-8,15,18H,1-2H3. The third kappa shape index (κ3) is 3.11. The van der Waals surface area contributed by atoms with Gasteiger partial charge < -0.3 is 9.84 Å². The molecule has 100 valence electrons. The van der Waals surface area contributed by atoms with E-state index in [0.29, 0.717) is 10.6 Å². The second-order valence-corrected chi connectivity index (χ2v) is 5.62. The molecule has 2 aromatic carbocycles. The van der Waals surface area contributed by atoms with Crippen LogP contribution in [0.3, 0.4) is 0 Å². The monoisotopic (exact) mass is 340 g/mol. The summed E-state index contributed by atoms with van der Waals surface area (Å²) < 4.78 is 6.10. The predicted octanol–water partition coefficient (Wildman–Crippen LogP) is 4.50. The van der Waals surface area contributed by atoms with Crippen LogP contribution in [0.5, 0.6) is 5.75 Å². The van der Waals surface area contributed by atoms with Crippen LogP contribution in [-0.2, 0) is 0 Å². The first-order valence-corrected chi connectivity index (χ1v) is 6.97. The number of ether oxygens (including phenoxy) is 1. The van der Waals surface area contributed by atoms with Crippen molar-refractivity contribution in [3.63, 3.8) is 0 Å². The average Bonchev–Trinajstić information content (AvgIpc) is 2.40. The molecule has 19 heavy (non-hydrogen) atoms. The number of aliphatic hydroxyl groups excluding tert-OH is 1. The van der Waals surface area contributed by atoms with Crippen molar-refractivity contribution in [2.45, 2.75) is 13.0 Å². The molecule has 1 N–H and O–H groups in total. The van der Waals surface area contributed by atoms with E-state index < -0.39 is 6.10 Å². The summed E-state index contributed by atoms with van der Waals surface area (Å²) in [5.41, 5.74) is 2.45. The molecular weight excluding hydrogens is 328 g/mol. The second kappa shape index (κ2) is 5.95. The van der Waals surface area contributed by atoms with Gasteiger partial charge in [0.2, 0.25) is 0 Å². The molecule has 4 heteroatoms. The Morgan fingerprint density at radius 3 is 2.58 bits per heavy atom. The summed E-state index contributed by atoms with van der Waals surface area (Å²) >= 11 is 9.52. The summed E-state index contributed by atoms with van der Waals surface area (Å²) in [7, 11) is 1.63. The highest BCUT2D eigenvalue weighted by Gasteiger charge is 2.15. The van der Waals surface area contributed by atoms with Crippen LogP contribution >= 0.6 is 27.5 Å². The highest BCUT2D eigenvalue weighted by Crippen LogP contribution is 2.32. The Labute approximate surface area is 126 Å². The SMILES string of the molecule is COc1ccc(C(O)c2cc(Br)ccc2Cl)cc1C. The molecule has 2 rings (SSSR count). The zero-order chi connectivity index (χ0) is 14.0. The number of hydrogen-bond acceptors (Lipinski definition) is 2. The fraction of sp³-hybridized carbons (Fsp3) is 0.200. The molecule has 0 heterocycles. The molecular formula is C15H14BrClO2. The number of halogens is 2. The van der Waals surface area contributed by atoms with Gasteiger partial charge in [-0.2, -0.15) is 0 Å². The van der Waals surface area contributed by atoms with E-state index in [1.165, 1.54) is 0 Å². The van der Waals surface area contributed by atoms with E-state index in [0.717, 1.165) is 21.3 Å². The average molecular weight is 342 g/mol. The molecule has 0 aliphatic carbocycles. The zero-order valence-corrected chi connectivity index (χ0v) is 13.0. The predicted molar refractivity (Wildman–Crippen MR) is 80.9 cm³/mol. The van der Waals surface area contributed by atoms with E-state index in [9.17, 15) is 5.11 Å². The second-order valence-electron chi connectivity index (χ2n) is 4.30. The minimum atomic E-state index is -0.755. The van der Waals surface area contributed by atoms with E-state index >= 15 is 0 Å². The van der Waals surface area contributed by atoms with Gasteiger partial charge in [0.15, 0.2) is 0 Å². The quantitative estimate of drug-likeness (QED) is 0.890. The maximum absolute atomic E-state index is 10.4. The smallest absolute Gasteiger partial charge is 0.121 e. The maximum Gasteiger partial charge on any atom is 0.121 e. The van der Waals surface area contributed by atoms with Gasteiger partial charge in [0, 0.05) is 15.1 Å². The van der Waals surface area contributed by atoms with E-state index in [1.54, 1.807) is 13.2 Å². The lowest BCUT2D eigenvalue weighted by Gasteiger charge is -2.15. The van der Waals surface area contributed by atoms with Gasteiger partial charge in [-0.05, 0) is 48.4 Å². The van der Waals surface area contributed by atoms with Gasteiger partial charge >= 0.3 is 0 Å². The van der Waals surface area contributed by atoms with Crippen molar-refractivity contribution < 1.29 is 9.84 Å². The van der Waals surface area contributed by atoms with Crippen LogP contribution in [0.2, 0.25) is 5.02 Å². The molecule has 2 aromatic rings. The van der Waals surface area contributed by atoms with Gasteiger partial charge in [-0.15, -0.1) is 0 Å². The lowest BCUT2D eigenvalue weighted by atomic mass is 9.99. The summed E-state index contributed by atoms with van der Waals surface area (Å²) in [6.45, 7) is 1.94. The minimum Gasteiger partial charge on any atom is -0.496 e. The Hall–Kier alpha value is -1.03. The van der Waals surface area contributed by atoms with E-state index in [4.69, 9.17) is 16.3 Å². The molecule has 0 saturated carbocycles. The van der Waals surface area contributed by atoms with E-state index in [-0.39, 0.29) is 0 Å². The van der Waals surface area contributed by atoms with Crippen LogP contribution < -0.4 is 4.74 Å². The summed E-state index contributed by atoms with van der Waals surface area (Å²) in [4.78, 5) is 0. The van der Waals surface area contributed by atoms with Crippen LogP contribution in [0.1, 0.15) is 22.8 Å². The first kappa shape index (κ1) is 14.4.